The first-order chi connectivity index (χ1) is 13.3. The summed E-state index contributed by atoms with van der Waals surface area (Å²) in [5.41, 5.74) is 2.38. The molecule has 3 aliphatic rings. The highest BCUT2D eigenvalue weighted by molar-refractivity contribution is 5.44. The standard InChI is InChI=1S/C21H24N2O4/c1-2-19-20(26-15-25-19)9-17(1)10-23-13-21(14-23)18(5-8-27-21)12-24-11-16-3-6-22-7-4-16/h1-4,6-7,9,18H,5,8,10-15H2/t18-/m1/s1. The van der Waals surface area contributed by atoms with Gasteiger partial charge in [-0.25, -0.2) is 0 Å². The Bertz CT molecular complexity index is 792. The smallest absolute Gasteiger partial charge is 0.231 e. The first kappa shape index (κ1) is 17.0. The molecule has 1 spiro atoms. The van der Waals surface area contributed by atoms with Gasteiger partial charge in [-0.05, 0) is 41.8 Å². The number of aromatic nitrogens is 1. The highest BCUT2D eigenvalue weighted by atomic mass is 16.7. The fourth-order valence-corrected chi connectivity index (χ4v) is 4.29. The van der Waals surface area contributed by atoms with E-state index < -0.39 is 0 Å². The maximum atomic E-state index is 6.16. The Morgan fingerprint density at radius 2 is 1.93 bits per heavy atom. The Labute approximate surface area is 159 Å². The molecule has 1 aromatic carbocycles. The SMILES string of the molecule is c1cc(COC[C@H]2CCOC23CN(Cc2ccc4c(c2)OCO4)C3)ccn1. The van der Waals surface area contributed by atoms with Gasteiger partial charge in [0.15, 0.2) is 11.5 Å². The molecule has 5 rings (SSSR count). The lowest BCUT2D eigenvalue weighted by molar-refractivity contribution is -0.146. The van der Waals surface area contributed by atoms with Crippen molar-refractivity contribution >= 4 is 0 Å². The van der Waals surface area contributed by atoms with Crippen LogP contribution in [0.2, 0.25) is 0 Å². The zero-order chi connectivity index (χ0) is 18.1. The van der Waals surface area contributed by atoms with E-state index >= 15 is 0 Å². The van der Waals surface area contributed by atoms with Gasteiger partial charge in [0, 0.05) is 44.6 Å². The molecule has 0 saturated carbocycles. The molecular weight excluding hydrogens is 344 g/mol. The molecule has 0 unspecified atom stereocenters. The fraction of sp³-hybridized carbons (Fsp3) is 0.476. The number of ether oxygens (including phenoxy) is 4. The second-order valence-corrected chi connectivity index (χ2v) is 7.60. The largest absolute Gasteiger partial charge is 0.454 e. The van der Waals surface area contributed by atoms with Crippen LogP contribution in [0.5, 0.6) is 11.5 Å². The quantitative estimate of drug-likeness (QED) is 0.781. The zero-order valence-corrected chi connectivity index (χ0v) is 15.3. The van der Waals surface area contributed by atoms with E-state index in [0.717, 1.165) is 56.3 Å². The number of benzene rings is 1. The van der Waals surface area contributed by atoms with Crippen molar-refractivity contribution in [3.8, 4) is 11.5 Å². The van der Waals surface area contributed by atoms with Crippen LogP contribution in [0.3, 0.4) is 0 Å². The van der Waals surface area contributed by atoms with E-state index in [4.69, 9.17) is 18.9 Å². The van der Waals surface area contributed by atoms with Crippen LogP contribution in [0, 0.1) is 5.92 Å². The van der Waals surface area contributed by atoms with Crippen molar-refractivity contribution in [2.45, 2.75) is 25.2 Å². The van der Waals surface area contributed by atoms with E-state index in [1.54, 1.807) is 12.4 Å². The topological polar surface area (TPSA) is 53.1 Å². The minimum atomic E-state index is -0.0332. The average Bonchev–Trinajstić information content (AvgIpc) is 3.29. The maximum absolute atomic E-state index is 6.16. The number of pyridine rings is 1. The molecule has 2 fully saturated rings. The van der Waals surface area contributed by atoms with Gasteiger partial charge in [-0.3, -0.25) is 9.88 Å². The molecule has 2 saturated heterocycles. The Morgan fingerprint density at radius 3 is 2.81 bits per heavy atom. The lowest BCUT2D eigenvalue weighted by Crippen LogP contribution is -2.64. The van der Waals surface area contributed by atoms with Crippen LogP contribution in [0.15, 0.2) is 42.7 Å². The van der Waals surface area contributed by atoms with Crippen molar-refractivity contribution in [2.24, 2.45) is 5.92 Å². The van der Waals surface area contributed by atoms with E-state index in [2.05, 4.69) is 22.0 Å². The minimum Gasteiger partial charge on any atom is -0.454 e. The molecule has 2 aromatic rings. The van der Waals surface area contributed by atoms with Gasteiger partial charge in [0.2, 0.25) is 6.79 Å². The third-order valence-electron chi connectivity index (χ3n) is 5.76. The number of fused-ring (bicyclic) bond motifs is 1. The molecule has 0 bridgehead atoms. The van der Waals surface area contributed by atoms with Gasteiger partial charge in [-0.1, -0.05) is 6.07 Å². The summed E-state index contributed by atoms with van der Waals surface area (Å²) in [6.07, 6.45) is 4.69. The van der Waals surface area contributed by atoms with Crippen molar-refractivity contribution in [3.63, 3.8) is 0 Å². The molecule has 6 nitrogen and oxygen atoms in total. The lowest BCUT2D eigenvalue weighted by Gasteiger charge is -2.50. The van der Waals surface area contributed by atoms with Gasteiger partial charge in [-0.2, -0.15) is 0 Å². The third-order valence-corrected chi connectivity index (χ3v) is 5.76. The first-order valence-electron chi connectivity index (χ1n) is 9.52. The van der Waals surface area contributed by atoms with Crippen molar-refractivity contribution in [2.75, 3.05) is 33.1 Å². The van der Waals surface area contributed by atoms with Crippen molar-refractivity contribution in [1.82, 2.24) is 9.88 Å². The Hall–Kier alpha value is -2.15. The summed E-state index contributed by atoms with van der Waals surface area (Å²) in [6, 6.07) is 10.2. The monoisotopic (exact) mass is 368 g/mol. The van der Waals surface area contributed by atoms with Crippen molar-refractivity contribution < 1.29 is 18.9 Å². The van der Waals surface area contributed by atoms with Crippen LogP contribution in [0.1, 0.15) is 17.5 Å². The van der Waals surface area contributed by atoms with Gasteiger partial charge < -0.3 is 18.9 Å². The minimum absolute atomic E-state index is 0.0332. The molecule has 4 heterocycles. The van der Waals surface area contributed by atoms with Crippen LogP contribution in [-0.4, -0.2) is 48.6 Å². The zero-order valence-electron chi connectivity index (χ0n) is 15.3. The second-order valence-electron chi connectivity index (χ2n) is 7.60. The summed E-state index contributed by atoms with van der Waals surface area (Å²) >= 11 is 0. The highest BCUT2D eigenvalue weighted by Gasteiger charge is 2.52. The van der Waals surface area contributed by atoms with E-state index in [1.807, 2.05) is 18.2 Å². The highest BCUT2D eigenvalue weighted by Crippen LogP contribution is 2.41. The van der Waals surface area contributed by atoms with Crippen molar-refractivity contribution in [3.05, 3.63) is 53.9 Å². The van der Waals surface area contributed by atoms with Crippen molar-refractivity contribution in [1.29, 1.82) is 0 Å². The predicted octanol–water partition coefficient (Wildman–Crippen LogP) is 2.62. The third kappa shape index (κ3) is 3.40. The average molecular weight is 368 g/mol. The summed E-state index contributed by atoms with van der Waals surface area (Å²) in [5.74, 6) is 2.15. The van der Waals surface area contributed by atoms with Crippen LogP contribution >= 0.6 is 0 Å². The molecule has 0 aliphatic carbocycles. The van der Waals surface area contributed by atoms with E-state index in [1.165, 1.54) is 5.56 Å². The van der Waals surface area contributed by atoms with Crippen LogP contribution in [-0.2, 0) is 22.6 Å². The molecule has 6 heteroatoms. The Balaban J connectivity index is 1.13. The summed E-state index contributed by atoms with van der Waals surface area (Å²) < 4.78 is 23.0. The number of rotatable bonds is 6. The van der Waals surface area contributed by atoms with Gasteiger partial charge in [0.05, 0.1) is 18.8 Å². The molecule has 0 amide bonds. The Kier molecular flexibility index (Phi) is 4.47. The van der Waals surface area contributed by atoms with Gasteiger partial charge >= 0.3 is 0 Å². The number of hydrogen-bond donors (Lipinski definition) is 0. The van der Waals surface area contributed by atoms with Gasteiger partial charge in [-0.15, -0.1) is 0 Å². The maximum Gasteiger partial charge on any atom is 0.231 e. The van der Waals surface area contributed by atoms with E-state index in [9.17, 15) is 0 Å². The summed E-state index contributed by atoms with van der Waals surface area (Å²) in [7, 11) is 0. The molecule has 142 valence electrons. The fourth-order valence-electron chi connectivity index (χ4n) is 4.29. The molecule has 1 aromatic heterocycles. The molecule has 27 heavy (non-hydrogen) atoms. The van der Waals surface area contributed by atoms with Crippen LogP contribution in [0.4, 0.5) is 0 Å². The first-order valence-corrected chi connectivity index (χ1v) is 9.52. The predicted molar refractivity (Wildman–Crippen MR) is 98.5 cm³/mol. The second kappa shape index (κ2) is 7.11. The Morgan fingerprint density at radius 1 is 1.07 bits per heavy atom. The number of nitrogens with zero attached hydrogens (tertiary/aromatic N) is 2. The molecule has 1 atom stereocenters. The molecule has 3 aliphatic heterocycles. The van der Waals surface area contributed by atoms with E-state index in [0.29, 0.717) is 19.3 Å². The van der Waals surface area contributed by atoms with E-state index in [-0.39, 0.29) is 5.60 Å². The summed E-state index contributed by atoms with van der Waals surface area (Å²) in [6.45, 7) is 5.37. The van der Waals surface area contributed by atoms with Gasteiger partial charge in [0.25, 0.3) is 0 Å². The summed E-state index contributed by atoms with van der Waals surface area (Å²) in [5, 5.41) is 0. The lowest BCUT2D eigenvalue weighted by atomic mass is 9.81. The van der Waals surface area contributed by atoms with Crippen LogP contribution in [0.25, 0.3) is 0 Å². The normalized spacial score (nSPS) is 22.9. The molecule has 0 radical (unpaired) electrons. The van der Waals surface area contributed by atoms with Crippen LogP contribution < -0.4 is 9.47 Å². The summed E-state index contributed by atoms with van der Waals surface area (Å²) in [4.78, 5) is 6.47. The van der Waals surface area contributed by atoms with Gasteiger partial charge in [0.1, 0.15) is 0 Å². The molecular formula is C21H24N2O4. The molecule has 0 N–H and O–H groups in total. The number of hydrogen-bond acceptors (Lipinski definition) is 6. The number of likely N-dealkylation sites (tertiary alicyclic amines) is 1.